The zero-order valence-electron chi connectivity index (χ0n) is 15.9. The molecule has 0 heterocycles. The van der Waals surface area contributed by atoms with Gasteiger partial charge in [0.2, 0.25) is 15.9 Å². The molecule has 0 aliphatic heterocycles. The molecule has 6 nitrogen and oxygen atoms in total. The van der Waals surface area contributed by atoms with E-state index in [1.165, 1.54) is 14.0 Å². The maximum absolute atomic E-state index is 12.8. The highest BCUT2D eigenvalue weighted by Crippen LogP contribution is 2.30. The number of anilines is 2. The smallest absolute Gasteiger partial charge is 0.248 e. The number of rotatable bonds is 6. The summed E-state index contributed by atoms with van der Waals surface area (Å²) in [5, 5.41) is 3.13. The van der Waals surface area contributed by atoms with E-state index >= 15 is 0 Å². The van der Waals surface area contributed by atoms with Crippen LogP contribution in [0.15, 0.2) is 36.4 Å². The molecule has 0 saturated heterocycles. The van der Waals surface area contributed by atoms with Crippen LogP contribution in [0.2, 0.25) is 5.02 Å². The van der Waals surface area contributed by atoms with Crippen molar-refractivity contribution >= 4 is 38.9 Å². The number of nitrogens with zero attached hydrogens (tertiary/aromatic N) is 1. The molecule has 0 aliphatic carbocycles. The number of amides is 1. The van der Waals surface area contributed by atoms with Crippen molar-refractivity contribution in [2.75, 3.05) is 23.0 Å². The van der Waals surface area contributed by atoms with Crippen molar-refractivity contribution in [3.8, 4) is 5.75 Å². The van der Waals surface area contributed by atoms with Gasteiger partial charge in [0.1, 0.15) is 11.8 Å². The van der Waals surface area contributed by atoms with Gasteiger partial charge in [0.05, 0.1) is 24.7 Å². The highest BCUT2D eigenvalue weighted by molar-refractivity contribution is 7.92. The third-order valence-electron chi connectivity index (χ3n) is 4.11. The molecular formula is C19H23ClN2O4S. The largest absolute Gasteiger partial charge is 0.495 e. The Morgan fingerprint density at radius 2 is 1.85 bits per heavy atom. The summed E-state index contributed by atoms with van der Waals surface area (Å²) in [6, 6.07) is 9.30. The Morgan fingerprint density at radius 1 is 1.19 bits per heavy atom. The Balaban J connectivity index is 2.42. The van der Waals surface area contributed by atoms with E-state index in [2.05, 4.69) is 5.32 Å². The van der Waals surface area contributed by atoms with Crippen LogP contribution in [-0.2, 0) is 14.8 Å². The number of nitrogens with one attached hydrogen (secondary N) is 1. The van der Waals surface area contributed by atoms with Crippen LogP contribution in [0.3, 0.4) is 0 Å². The van der Waals surface area contributed by atoms with Crippen molar-refractivity contribution in [3.05, 3.63) is 52.5 Å². The Labute approximate surface area is 165 Å². The number of benzene rings is 2. The molecule has 0 bridgehead atoms. The summed E-state index contributed by atoms with van der Waals surface area (Å²) in [6.45, 7) is 5.21. The van der Waals surface area contributed by atoms with Gasteiger partial charge in [0, 0.05) is 5.02 Å². The van der Waals surface area contributed by atoms with Gasteiger partial charge in [-0.3, -0.25) is 9.10 Å². The van der Waals surface area contributed by atoms with Crippen LogP contribution in [0.1, 0.15) is 18.1 Å². The quantitative estimate of drug-likeness (QED) is 0.786. The van der Waals surface area contributed by atoms with Crippen LogP contribution in [-0.4, -0.2) is 33.7 Å². The standard InChI is InChI=1S/C19H23ClN2O4S/c1-12-6-7-13(2)17(10-12)22(27(5,24)25)14(3)19(23)21-16-11-15(20)8-9-18(16)26-4/h6-11,14H,1-5H3,(H,21,23). The van der Waals surface area contributed by atoms with Gasteiger partial charge in [0.15, 0.2) is 0 Å². The summed E-state index contributed by atoms with van der Waals surface area (Å²) < 4.78 is 31.3. The fourth-order valence-corrected chi connectivity index (χ4v) is 4.15. The molecule has 0 fully saturated rings. The molecule has 2 aromatic rings. The molecule has 0 radical (unpaired) electrons. The molecule has 0 spiro atoms. The number of sulfonamides is 1. The first-order valence-electron chi connectivity index (χ1n) is 8.25. The summed E-state index contributed by atoms with van der Waals surface area (Å²) in [5.41, 5.74) is 2.49. The van der Waals surface area contributed by atoms with Gasteiger partial charge in [-0.15, -0.1) is 0 Å². The Kier molecular flexibility index (Phi) is 6.38. The number of aryl methyl sites for hydroxylation is 2. The van der Waals surface area contributed by atoms with E-state index in [0.29, 0.717) is 22.1 Å². The van der Waals surface area contributed by atoms with Gasteiger partial charge in [-0.2, -0.15) is 0 Å². The molecule has 27 heavy (non-hydrogen) atoms. The van der Waals surface area contributed by atoms with Crippen molar-refractivity contribution < 1.29 is 17.9 Å². The summed E-state index contributed by atoms with van der Waals surface area (Å²) in [6.07, 6.45) is 1.08. The SMILES string of the molecule is COc1ccc(Cl)cc1NC(=O)C(C)N(c1cc(C)ccc1C)S(C)(=O)=O. The lowest BCUT2D eigenvalue weighted by Crippen LogP contribution is -2.45. The van der Waals surface area contributed by atoms with Gasteiger partial charge >= 0.3 is 0 Å². The van der Waals surface area contributed by atoms with Crippen LogP contribution in [0.4, 0.5) is 11.4 Å². The topological polar surface area (TPSA) is 75.7 Å². The summed E-state index contributed by atoms with van der Waals surface area (Å²) >= 11 is 5.99. The highest BCUT2D eigenvalue weighted by Gasteiger charge is 2.30. The molecule has 1 N–H and O–H groups in total. The lowest BCUT2D eigenvalue weighted by Gasteiger charge is -2.30. The predicted octanol–water partition coefficient (Wildman–Crippen LogP) is 3.76. The van der Waals surface area contributed by atoms with Gasteiger partial charge in [-0.05, 0) is 56.2 Å². The normalized spacial score (nSPS) is 12.4. The number of hydrogen-bond donors (Lipinski definition) is 1. The van der Waals surface area contributed by atoms with E-state index in [9.17, 15) is 13.2 Å². The molecule has 1 unspecified atom stereocenters. The zero-order chi connectivity index (χ0) is 20.4. The third-order valence-corrected chi connectivity index (χ3v) is 5.57. The lowest BCUT2D eigenvalue weighted by molar-refractivity contribution is -0.116. The second-order valence-corrected chi connectivity index (χ2v) is 8.65. The first kappa shape index (κ1) is 21.1. The van der Waals surface area contributed by atoms with Crippen molar-refractivity contribution in [2.45, 2.75) is 26.8 Å². The fraction of sp³-hybridized carbons (Fsp3) is 0.316. The molecule has 0 aliphatic rings. The van der Waals surface area contributed by atoms with Crippen LogP contribution < -0.4 is 14.4 Å². The Morgan fingerprint density at radius 3 is 2.44 bits per heavy atom. The molecular weight excluding hydrogens is 388 g/mol. The molecule has 146 valence electrons. The minimum atomic E-state index is -3.70. The Hall–Kier alpha value is -2.25. The number of carbonyl (C=O) groups is 1. The van der Waals surface area contributed by atoms with Gasteiger partial charge in [-0.25, -0.2) is 8.42 Å². The van der Waals surface area contributed by atoms with Crippen molar-refractivity contribution in [2.24, 2.45) is 0 Å². The first-order valence-corrected chi connectivity index (χ1v) is 10.5. The molecule has 1 atom stereocenters. The fourth-order valence-electron chi connectivity index (χ4n) is 2.75. The molecule has 8 heteroatoms. The van der Waals surface area contributed by atoms with E-state index < -0.39 is 22.0 Å². The molecule has 1 amide bonds. The number of ether oxygens (including phenoxy) is 1. The zero-order valence-corrected chi connectivity index (χ0v) is 17.5. The number of carbonyl (C=O) groups excluding carboxylic acids is 1. The molecule has 2 rings (SSSR count). The van der Waals surface area contributed by atoms with Crippen molar-refractivity contribution in [1.29, 1.82) is 0 Å². The van der Waals surface area contributed by atoms with E-state index in [1.54, 1.807) is 31.2 Å². The minimum absolute atomic E-state index is 0.372. The first-order chi connectivity index (χ1) is 12.5. The monoisotopic (exact) mass is 410 g/mol. The number of halogens is 1. The third kappa shape index (κ3) is 4.93. The van der Waals surface area contributed by atoms with Gasteiger partial charge in [0.25, 0.3) is 0 Å². The molecule has 0 aromatic heterocycles. The van der Waals surface area contributed by atoms with E-state index in [0.717, 1.165) is 21.7 Å². The molecule has 0 saturated carbocycles. The minimum Gasteiger partial charge on any atom is -0.495 e. The lowest BCUT2D eigenvalue weighted by atomic mass is 10.1. The maximum Gasteiger partial charge on any atom is 0.248 e. The van der Waals surface area contributed by atoms with Crippen molar-refractivity contribution in [1.82, 2.24) is 0 Å². The van der Waals surface area contributed by atoms with Gasteiger partial charge in [-0.1, -0.05) is 23.7 Å². The van der Waals surface area contributed by atoms with E-state index in [-0.39, 0.29) is 0 Å². The number of methoxy groups -OCH3 is 1. The average Bonchev–Trinajstić information content (AvgIpc) is 2.57. The maximum atomic E-state index is 12.8. The second kappa shape index (κ2) is 8.19. The van der Waals surface area contributed by atoms with Crippen LogP contribution >= 0.6 is 11.6 Å². The number of hydrogen-bond acceptors (Lipinski definition) is 4. The summed E-state index contributed by atoms with van der Waals surface area (Å²) in [7, 11) is -2.23. The summed E-state index contributed by atoms with van der Waals surface area (Å²) in [4.78, 5) is 12.8. The molecule has 2 aromatic carbocycles. The highest BCUT2D eigenvalue weighted by atomic mass is 35.5. The van der Waals surface area contributed by atoms with E-state index in [4.69, 9.17) is 16.3 Å². The van der Waals surface area contributed by atoms with Crippen LogP contribution in [0, 0.1) is 13.8 Å². The average molecular weight is 411 g/mol. The Bertz CT molecular complexity index is 960. The van der Waals surface area contributed by atoms with Crippen molar-refractivity contribution in [3.63, 3.8) is 0 Å². The van der Waals surface area contributed by atoms with Crippen LogP contribution in [0.5, 0.6) is 5.75 Å². The van der Waals surface area contributed by atoms with Crippen LogP contribution in [0.25, 0.3) is 0 Å². The second-order valence-electron chi connectivity index (χ2n) is 6.36. The summed E-state index contributed by atoms with van der Waals surface area (Å²) in [5.74, 6) is -0.0699. The van der Waals surface area contributed by atoms with E-state index in [1.807, 2.05) is 19.1 Å². The van der Waals surface area contributed by atoms with Gasteiger partial charge < -0.3 is 10.1 Å². The predicted molar refractivity (Wildman–Crippen MR) is 109 cm³/mol.